The average Bonchev–Trinajstić information content (AvgIpc) is 2.71. The maximum atomic E-state index is 5.59. The molecule has 0 aliphatic heterocycles. The van der Waals surface area contributed by atoms with Gasteiger partial charge in [0.1, 0.15) is 23.1 Å². The van der Waals surface area contributed by atoms with Gasteiger partial charge in [-0.15, -0.1) is 30.6 Å². The number of rotatable bonds is 5. The summed E-state index contributed by atoms with van der Waals surface area (Å²) in [4.78, 5) is 8.36. The monoisotopic (exact) mass is 365 g/mol. The molecule has 0 bridgehead atoms. The van der Waals surface area contributed by atoms with Crippen LogP contribution in [0.5, 0.6) is 0 Å². The van der Waals surface area contributed by atoms with Gasteiger partial charge in [0.2, 0.25) is 11.7 Å². The molecule has 138 valence electrons. The number of nitrogens with zero attached hydrogens (tertiary/aromatic N) is 8. The van der Waals surface area contributed by atoms with E-state index in [0.717, 1.165) is 0 Å². The molecular weight excluding hydrogens is 346 g/mol. The minimum absolute atomic E-state index is 0.0568. The van der Waals surface area contributed by atoms with Gasteiger partial charge in [0, 0.05) is 12.4 Å². The Morgan fingerprint density at radius 1 is 0.815 bits per heavy atom. The molecule has 6 N–H and O–H groups in total. The maximum absolute atomic E-state index is 5.59. The summed E-state index contributed by atoms with van der Waals surface area (Å²) in [6, 6.07) is 10.5. The number of hydrogen-bond acceptors (Lipinski definition) is 7. The summed E-state index contributed by atoms with van der Waals surface area (Å²) in [6.07, 6.45) is 3.19. The van der Waals surface area contributed by atoms with Crippen molar-refractivity contribution in [3.05, 3.63) is 60.2 Å². The summed E-state index contributed by atoms with van der Waals surface area (Å²) in [5, 5.41) is 23.7. The molecule has 2 rings (SSSR count). The van der Waals surface area contributed by atoms with Gasteiger partial charge in [0.05, 0.1) is 6.54 Å². The molecule has 0 spiro atoms. The van der Waals surface area contributed by atoms with Gasteiger partial charge in [0.15, 0.2) is 0 Å². The fraction of sp³-hybridized carbons (Fsp3) is 0.125. The van der Waals surface area contributed by atoms with E-state index in [-0.39, 0.29) is 29.9 Å². The van der Waals surface area contributed by atoms with Crippen molar-refractivity contribution in [3.63, 3.8) is 0 Å². The summed E-state index contributed by atoms with van der Waals surface area (Å²) in [5.41, 5.74) is 17.4. The Balaban J connectivity index is 2.45. The number of amidine groups is 4. The van der Waals surface area contributed by atoms with E-state index >= 15 is 0 Å². The molecule has 2 aromatic rings. The quantitative estimate of drug-likeness (QED) is 0.304. The minimum atomic E-state index is 0.0568. The van der Waals surface area contributed by atoms with Crippen LogP contribution in [0.3, 0.4) is 0 Å². The van der Waals surface area contributed by atoms with Crippen molar-refractivity contribution in [2.45, 2.75) is 6.92 Å². The highest BCUT2D eigenvalue weighted by Gasteiger charge is 2.07. The first-order valence-electron chi connectivity index (χ1n) is 7.82. The summed E-state index contributed by atoms with van der Waals surface area (Å²) in [6.45, 7) is 1.66. The van der Waals surface area contributed by atoms with Gasteiger partial charge in [-0.1, -0.05) is 12.1 Å². The average molecular weight is 365 g/mol. The fourth-order valence-electron chi connectivity index (χ4n) is 1.61. The second-order valence-corrected chi connectivity index (χ2v) is 5.01. The van der Waals surface area contributed by atoms with Crippen molar-refractivity contribution in [1.29, 1.82) is 0 Å². The number of nitrogens with two attached hydrogens (primary N) is 3. The van der Waals surface area contributed by atoms with Crippen LogP contribution in [0.25, 0.3) is 0 Å². The van der Waals surface area contributed by atoms with E-state index in [2.05, 4.69) is 40.6 Å². The predicted octanol–water partition coefficient (Wildman–Crippen LogP) is 0.645. The first-order chi connectivity index (χ1) is 13.1. The zero-order valence-electron chi connectivity index (χ0n) is 14.6. The van der Waals surface area contributed by atoms with Crippen molar-refractivity contribution in [1.82, 2.24) is 9.97 Å². The molecule has 0 saturated heterocycles. The van der Waals surface area contributed by atoms with Gasteiger partial charge >= 0.3 is 0 Å². The molecule has 0 radical (unpaired) electrons. The van der Waals surface area contributed by atoms with Crippen LogP contribution < -0.4 is 17.2 Å². The molecule has 2 aromatic heterocycles. The minimum Gasteiger partial charge on any atom is -0.386 e. The van der Waals surface area contributed by atoms with Gasteiger partial charge in [-0.2, -0.15) is 0 Å². The van der Waals surface area contributed by atoms with E-state index in [1.54, 1.807) is 55.7 Å². The first-order valence-corrected chi connectivity index (χ1v) is 7.82. The summed E-state index contributed by atoms with van der Waals surface area (Å²) < 4.78 is 0. The van der Waals surface area contributed by atoms with Crippen LogP contribution in [0.15, 0.2) is 79.4 Å². The Hall–Kier alpha value is -3.86. The second-order valence-electron chi connectivity index (χ2n) is 5.01. The molecule has 0 aliphatic carbocycles. The molecule has 0 amide bonds. The van der Waals surface area contributed by atoms with Crippen molar-refractivity contribution < 1.29 is 0 Å². The van der Waals surface area contributed by atoms with Gasteiger partial charge in [-0.3, -0.25) is 9.97 Å². The highest BCUT2D eigenvalue weighted by molar-refractivity contribution is 6.02. The number of azo groups is 1. The number of pyridine rings is 2. The molecule has 0 aromatic carbocycles. The maximum Gasteiger partial charge on any atom is 0.221 e. The van der Waals surface area contributed by atoms with E-state index in [4.69, 9.17) is 17.2 Å². The zero-order valence-corrected chi connectivity index (χ0v) is 14.6. The summed E-state index contributed by atoms with van der Waals surface area (Å²) in [5.74, 6) is 0.655. The first kappa shape index (κ1) is 19.5. The van der Waals surface area contributed by atoms with Crippen molar-refractivity contribution in [3.8, 4) is 0 Å². The summed E-state index contributed by atoms with van der Waals surface area (Å²) >= 11 is 0. The van der Waals surface area contributed by atoms with Crippen LogP contribution in [-0.2, 0) is 0 Å². The van der Waals surface area contributed by atoms with Crippen LogP contribution in [0.1, 0.15) is 18.3 Å². The van der Waals surface area contributed by atoms with Crippen molar-refractivity contribution in [2.75, 3.05) is 6.54 Å². The Bertz CT molecular complexity index is 879. The molecule has 2 heterocycles. The van der Waals surface area contributed by atoms with E-state index in [9.17, 15) is 0 Å². The topological polar surface area (TPSA) is 178 Å². The lowest BCUT2D eigenvalue weighted by Crippen LogP contribution is -2.22. The molecule has 0 fully saturated rings. The summed E-state index contributed by atoms with van der Waals surface area (Å²) in [7, 11) is 0. The molecule has 0 atom stereocenters. The van der Waals surface area contributed by atoms with Crippen molar-refractivity contribution >= 4 is 23.3 Å². The predicted molar refractivity (Wildman–Crippen MR) is 104 cm³/mol. The Kier molecular flexibility index (Phi) is 7.36. The Morgan fingerprint density at radius 2 is 1.33 bits per heavy atom. The lowest BCUT2D eigenvalue weighted by atomic mass is 10.3. The molecule has 11 nitrogen and oxygen atoms in total. The molecular formula is C16H19N11. The molecule has 11 heteroatoms. The zero-order chi connectivity index (χ0) is 19.5. The third kappa shape index (κ3) is 6.51. The normalized spacial score (nSPS) is 14.0. The van der Waals surface area contributed by atoms with Crippen LogP contribution in [0, 0.1) is 0 Å². The van der Waals surface area contributed by atoms with Crippen LogP contribution >= 0.6 is 0 Å². The largest absolute Gasteiger partial charge is 0.386 e. The third-order valence-electron chi connectivity index (χ3n) is 2.81. The van der Waals surface area contributed by atoms with E-state index < -0.39 is 0 Å². The SMILES string of the molecule is C/C(N)=N/N=C(\N=NC(=NN=C(N)CN)c1ccccn1)c1ccccn1. The van der Waals surface area contributed by atoms with Gasteiger partial charge in [-0.25, -0.2) is 0 Å². The highest BCUT2D eigenvalue weighted by atomic mass is 15.3. The molecule has 0 aliphatic rings. The molecule has 27 heavy (non-hydrogen) atoms. The van der Waals surface area contributed by atoms with Crippen molar-refractivity contribution in [2.24, 2.45) is 47.8 Å². The van der Waals surface area contributed by atoms with Gasteiger partial charge in [0.25, 0.3) is 0 Å². The second kappa shape index (κ2) is 10.2. The number of aromatic nitrogens is 2. The third-order valence-corrected chi connectivity index (χ3v) is 2.81. The van der Waals surface area contributed by atoms with E-state index in [1.165, 1.54) is 0 Å². The Labute approximate surface area is 155 Å². The van der Waals surface area contributed by atoms with E-state index in [0.29, 0.717) is 11.4 Å². The van der Waals surface area contributed by atoms with Gasteiger partial charge < -0.3 is 17.2 Å². The van der Waals surface area contributed by atoms with Gasteiger partial charge in [-0.05, 0) is 31.2 Å². The smallest absolute Gasteiger partial charge is 0.221 e. The fourth-order valence-corrected chi connectivity index (χ4v) is 1.61. The van der Waals surface area contributed by atoms with Crippen LogP contribution in [-0.4, -0.2) is 39.9 Å². The van der Waals surface area contributed by atoms with E-state index in [1.807, 2.05) is 0 Å². The molecule has 0 saturated carbocycles. The lowest BCUT2D eigenvalue weighted by Gasteiger charge is -1.99. The van der Waals surface area contributed by atoms with Crippen LogP contribution in [0.4, 0.5) is 0 Å². The Morgan fingerprint density at radius 3 is 1.74 bits per heavy atom. The standard InChI is InChI=1S/C16H19N11/c1-11(18)22-24-15(12-6-2-4-8-20-12)26-27-16(25-23-14(19)10-17)13-7-3-5-9-21-13/h2-9H,10,17H2,1H3,(H2,18,22)(H2,19,23)/b24-15-,25-16?,27-26?. The highest BCUT2D eigenvalue weighted by Crippen LogP contribution is 2.04. The number of hydrogen-bond donors (Lipinski definition) is 3. The molecule has 0 unspecified atom stereocenters. The lowest BCUT2D eigenvalue weighted by molar-refractivity contribution is 1.11. The van der Waals surface area contributed by atoms with Crippen LogP contribution in [0.2, 0.25) is 0 Å².